The van der Waals surface area contributed by atoms with Gasteiger partial charge in [0, 0.05) is 25.2 Å². The van der Waals surface area contributed by atoms with E-state index in [-0.39, 0.29) is 11.5 Å². The summed E-state index contributed by atoms with van der Waals surface area (Å²) in [6.07, 6.45) is 0. The molecule has 1 fully saturated rings. The van der Waals surface area contributed by atoms with Gasteiger partial charge in [0.15, 0.2) is 5.13 Å². The summed E-state index contributed by atoms with van der Waals surface area (Å²) in [4.78, 5) is 21.4. The number of esters is 1. The highest BCUT2D eigenvalue weighted by Crippen LogP contribution is 2.30. The Hall–Kier alpha value is -1.14. The van der Waals surface area contributed by atoms with Gasteiger partial charge >= 0.3 is 5.97 Å². The molecule has 0 spiro atoms. The molecule has 1 aliphatic heterocycles. The summed E-state index contributed by atoms with van der Waals surface area (Å²) in [6, 6.07) is 0. The van der Waals surface area contributed by atoms with E-state index < -0.39 is 0 Å². The van der Waals surface area contributed by atoms with Crippen molar-refractivity contribution < 1.29 is 9.53 Å². The van der Waals surface area contributed by atoms with Gasteiger partial charge in [-0.05, 0) is 27.8 Å². The zero-order chi connectivity index (χ0) is 14.2. The molecule has 6 heteroatoms. The minimum atomic E-state index is -0.297. The number of aromatic nitrogens is 1. The van der Waals surface area contributed by atoms with Gasteiger partial charge in [0.2, 0.25) is 0 Å². The zero-order valence-electron chi connectivity index (χ0n) is 12.2. The summed E-state index contributed by atoms with van der Waals surface area (Å²) >= 11 is 1.42. The average Bonchev–Trinajstić information content (AvgIpc) is 2.74. The lowest BCUT2D eigenvalue weighted by molar-refractivity contribution is 0.0605. The van der Waals surface area contributed by atoms with Crippen LogP contribution in [0.1, 0.15) is 29.2 Å². The Labute approximate surface area is 118 Å². The molecule has 1 aromatic rings. The first-order valence-corrected chi connectivity index (χ1v) is 7.19. The molecule has 0 aliphatic carbocycles. The van der Waals surface area contributed by atoms with Crippen molar-refractivity contribution in [2.45, 2.75) is 26.3 Å². The van der Waals surface area contributed by atoms with Crippen LogP contribution in [0.4, 0.5) is 5.13 Å². The summed E-state index contributed by atoms with van der Waals surface area (Å²) < 4.78 is 4.78. The van der Waals surface area contributed by atoms with E-state index in [1.165, 1.54) is 18.4 Å². The number of anilines is 1. The largest absolute Gasteiger partial charge is 0.465 e. The van der Waals surface area contributed by atoms with Crippen molar-refractivity contribution in [1.29, 1.82) is 0 Å². The van der Waals surface area contributed by atoms with Gasteiger partial charge in [0.05, 0.1) is 12.8 Å². The number of hydrogen-bond acceptors (Lipinski definition) is 6. The highest BCUT2D eigenvalue weighted by atomic mass is 32.1. The number of carbonyl (C=O) groups excluding carboxylic acids is 1. The monoisotopic (exact) mass is 283 g/mol. The first kappa shape index (κ1) is 14.3. The standard InChI is InChI=1S/C13H21N3O2S/c1-9-10(11(17)18-5)19-12(14-9)16-7-6-15(4)13(2,3)8-16/h6-8H2,1-5H3. The maximum Gasteiger partial charge on any atom is 0.350 e. The average molecular weight is 283 g/mol. The van der Waals surface area contributed by atoms with Crippen molar-refractivity contribution in [2.75, 3.05) is 38.7 Å². The van der Waals surface area contributed by atoms with Crippen LogP contribution in [0.2, 0.25) is 0 Å². The first-order valence-electron chi connectivity index (χ1n) is 6.37. The summed E-state index contributed by atoms with van der Waals surface area (Å²) in [5, 5.41) is 0.916. The molecule has 0 unspecified atom stereocenters. The number of likely N-dealkylation sites (N-methyl/N-ethyl adjacent to an activating group) is 1. The van der Waals surface area contributed by atoms with Gasteiger partial charge in [-0.15, -0.1) is 0 Å². The Bertz CT molecular complexity index is 484. The van der Waals surface area contributed by atoms with Gasteiger partial charge in [0.25, 0.3) is 0 Å². The molecule has 2 heterocycles. The number of hydrogen-bond donors (Lipinski definition) is 0. The molecule has 0 aromatic carbocycles. The van der Waals surface area contributed by atoms with Crippen LogP contribution in [0.5, 0.6) is 0 Å². The Morgan fingerprint density at radius 1 is 1.42 bits per heavy atom. The third kappa shape index (κ3) is 2.74. The number of nitrogens with zero attached hydrogens (tertiary/aromatic N) is 3. The van der Waals surface area contributed by atoms with E-state index >= 15 is 0 Å². The fourth-order valence-corrected chi connectivity index (χ4v) is 3.21. The highest BCUT2D eigenvalue weighted by molar-refractivity contribution is 7.17. The predicted molar refractivity (Wildman–Crippen MR) is 77.1 cm³/mol. The second kappa shape index (κ2) is 5.09. The number of ether oxygens (including phenoxy) is 1. The van der Waals surface area contributed by atoms with Gasteiger partial charge < -0.3 is 9.64 Å². The lowest BCUT2D eigenvalue weighted by Gasteiger charge is -2.45. The molecule has 0 radical (unpaired) electrons. The molecule has 19 heavy (non-hydrogen) atoms. The minimum absolute atomic E-state index is 0.114. The number of carbonyl (C=O) groups is 1. The van der Waals surface area contributed by atoms with Crippen LogP contribution in [0.3, 0.4) is 0 Å². The third-order valence-electron chi connectivity index (χ3n) is 3.74. The number of aryl methyl sites for hydroxylation is 1. The number of thiazole rings is 1. The third-order valence-corrected chi connectivity index (χ3v) is 4.94. The van der Waals surface area contributed by atoms with E-state index in [2.05, 4.69) is 35.7 Å². The van der Waals surface area contributed by atoms with Crippen molar-refractivity contribution in [1.82, 2.24) is 9.88 Å². The van der Waals surface area contributed by atoms with Gasteiger partial charge in [-0.2, -0.15) is 0 Å². The van der Waals surface area contributed by atoms with Gasteiger partial charge in [-0.25, -0.2) is 9.78 Å². The van der Waals surface area contributed by atoms with Crippen LogP contribution in [-0.4, -0.2) is 55.2 Å². The van der Waals surface area contributed by atoms with Crippen molar-refractivity contribution in [2.24, 2.45) is 0 Å². The Balaban J connectivity index is 2.21. The number of rotatable bonds is 2. The lowest BCUT2D eigenvalue weighted by atomic mass is 10.0. The van der Waals surface area contributed by atoms with Crippen LogP contribution < -0.4 is 4.90 Å². The molecular weight excluding hydrogens is 262 g/mol. The first-order chi connectivity index (χ1) is 8.85. The molecule has 0 N–H and O–H groups in total. The van der Waals surface area contributed by atoms with Crippen LogP contribution >= 0.6 is 11.3 Å². The van der Waals surface area contributed by atoms with Gasteiger partial charge in [-0.1, -0.05) is 11.3 Å². The molecule has 2 rings (SSSR count). The second-order valence-electron chi connectivity index (χ2n) is 5.56. The number of methoxy groups -OCH3 is 1. The quantitative estimate of drug-likeness (QED) is 0.774. The van der Waals surface area contributed by atoms with Gasteiger partial charge in [0.1, 0.15) is 4.88 Å². The van der Waals surface area contributed by atoms with Crippen LogP contribution in [0.15, 0.2) is 0 Å². The topological polar surface area (TPSA) is 45.7 Å². The molecule has 106 valence electrons. The summed E-state index contributed by atoms with van der Waals surface area (Å²) in [5.41, 5.74) is 0.868. The van der Waals surface area contributed by atoms with E-state index in [1.807, 2.05) is 6.92 Å². The fraction of sp³-hybridized carbons (Fsp3) is 0.692. The Morgan fingerprint density at radius 2 is 2.11 bits per heavy atom. The second-order valence-corrected chi connectivity index (χ2v) is 6.54. The molecule has 1 saturated heterocycles. The summed E-state index contributed by atoms with van der Waals surface area (Å²) in [7, 11) is 3.55. The van der Waals surface area contributed by atoms with Crippen molar-refractivity contribution in [3.05, 3.63) is 10.6 Å². The number of piperazine rings is 1. The van der Waals surface area contributed by atoms with E-state index in [9.17, 15) is 4.79 Å². The summed E-state index contributed by atoms with van der Waals surface area (Å²) in [6.45, 7) is 9.15. The molecule has 0 amide bonds. The minimum Gasteiger partial charge on any atom is -0.465 e. The van der Waals surface area contributed by atoms with Crippen LogP contribution in [0, 0.1) is 6.92 Å². The van der Waals surface area contributed by atoms with E-state index in [0.717, 1.165) is 30.5 Å². The molecule has 1 aliphatic rings. The molecule has 5 nitrogen and oxygen atoms in total. The molecule has 0 saturated carbocycles. The van der Waals surface area contributed by atoms with Crippen molar-refractivity contribution in [3.63, 3.8) is 0 Å². The Kier molecular flexibility index (Phi) is 3.82. The molecular formula is C13H21N3O2S. The molecule has 0 atom stereocenters. The SMILES string of the molecule is COC(=O)c1sc(N2CCN(C)C(C)(C)C2)nc1C. The molecule has 1 aromatic heterocycles. The van der Waals surface area contributed by atoms with Gasteiger partial charge in [-0.3, -0.25) is 4.90 Å². The molecule has 0 bridgehead atoms. The highest BCUT2D eigenvalue weighted by Gasteiger charge is 2.32. The fourth-order valence-electron chi connectivity index (χ4n) is 2.20. The van der Waals surface area contributed by atoms with E-state index in [0.29, 0.717) is 4.88 Å². The van der Waals surface area contributed by atoms with E-state index in [1.54, 1.807) is 0 Å². The maximum atomic E-state index is 11.6. The maximum absolute atomic E-state index is 11.6. The van der Waals surface area contributed by atoms with E-state index in [4.69, 9.17) is 4.74 Å². The Morgan fingerprint density at radius 3 is 2.68 bits per heavy atom. The van der Waals surface area contributed by atoms with Crippen molar-refractivity contribution in [3.8, 4) is 0 Å². The summed E-state index contributed by atoms with van der Waals surface area (Å²) in [5.74, 6) is -0.297. The van der Waals surface area contributed by atoms with Crippen LogP contribution in [-0.2, 0) is 4.74 Å². The predicted octanol–water partition coefficient (Wildman–Crippen LogP) is 1.77. The zero-order valence-corrected chi connectivity index (χ0v) is 13.0. The lowest BCUT2D eigenvalue weighted by Crippen LogP contribution is -2.57. The van der Waals surface area contributed by atoms with Crippen LogP contribution in [0.25, 0.3) is 0 Å². The normalized spacial score (nSPS) is 19.5. The van der Waals surface area contributed by atoms with Crippen molar-refractivity contribution >= 4 is 22.4 Å². The smallest absolute Gasteiger partial charge is 0.350 e.